The summed E-state index contributed by atoms with van der Waals surface area (Å²) in [6.07, 6.45) is 4.08. The van der Waals surface area contributed by atoms with Crippen molar-refractivity contribution in [3.05, 3.63) is 15.6 Å². The van der Waals surface area contributed by atoms with Gasteiger partial charge in [-0.1, -0.05) is 33.6 Å². The van der Waals surface area contributed by atoms with Crippen molar-refractivity contribution in [1.29, 1.82) is 0 Å². The van der Waals surface area contributed by atoms with Gasteiger partial charge in [-0.3, -0.25) is 0 Å². The zero-order chi connectivity index (χ0) is 14.3. The Morgan fingerprint density at radius 3 is 2.32 bits per heavy atom. The zero-order valence-corrected chi connectivity index (χ0v) is 12.8. The predicted octanol–water partition coefficient (Wildman–Crippen LogP) is 3.55. The molecule has 1 aromatic rings. The third kappa shape index (κ3) is 2.54. The number of hydrogen-bond acceptors (Lipinski definition) is 4. The van der Waals surface area contributed by atoms with Gasteiger partial charge >= 0.3 is 5.97 Å². The van der Waals surface area contributed by atoms with Crippen molar-refractivity contribution < 1.29 is 14.6 Å². The average Bonchev–Trinajstić information content (AvgIpc) is 2.95. The Hall–Kier alpha value is -0.940. The highest BCUT2D eigenvalue weighted by Crippen LogP contribution is 2.45. The molecule has 0 radical (unpaired) electrons. The molecule has 1 aromatic heterocycles. The van der Waals surface area contributed by atoms with Crippen LogP contribution in [0.15, 0.2) is 0 Å². The van der Waals surface area contributed by atoms with Crippen LogP contribution in [0.2, 0.25) is 0 Å². The van der Waals surface area contributed by atoms with E-state index in [2.05, 4.69) is 4.98 Å². The number of rotatable bonds is 3. The molecule has 1 N–H and O–H groups in total. The molecule has 5 heteroatoms. The molecule has 0 unspecified atom stereocenters. The van der Waals surface area contributed by atoms with Gasteiger partial charge in [0.05, 0.1) is 5.69 Å². The molecule has 1 heterocycles. The number of nitrogens with zero attached hydrogens (tertiary/aromatic N) is 1. The number of aromatic carboxylic acids is 1. The fourth-order valence-corrected chi connectivity index (χ4v) is 3.96. The Balaban J connectivity index is 2.51. The summed E-state index contributed by atoms with van der Waals surface area (Å²) in [5.74, 6) is -0.891. The molecule has 0 amide bonds. The van der Waals surface area contributed by atoms with Crippen molar-refractivity contribution >= 4 is 17.3 Å². The normalized spacial score (nSPS) is 18.7. The summed E-state index contributed by atoms with van der Waals surface area (Å²) in [4.78, 5) is 16.4. The molecule has 106 valence electrons. The first kappa shape index (κ1) is 14.5. The van der Waals surface area contributed by atoms with Crippen LogP contribution in [-0.2, 0) is 15.8 Å². The summed E-state index contributed by atoms with van der Waals surface area (Å²) in [6, 6.07) is 0. The standard InChI is InChI=1S/C14H21NO3S/c1-13(2,3)10-9(11(16)17)19-12(15-10)14(18-4)7-5-6-8-14/h5-8H2,1-4H3,(H,16,17). The van der Waals surface area contributed by atoms with Crippen molar-refractivity contribution in [1.82, 2.24) is 4.98 Å². The monoisotopic (exact) mass is 283 g/mol. The van der Waals surface area contributed by atoms with E-state index in [1.807, 2.05) is 20.8 Å². The van der Waals surface area contributed by atoms with Gasteiger partial charge in [-0.15, -0.1) is 11.3 Å². The molecular weight excluding hydrogens is 262 g/mol. The molecule has 0 spiro atoms. The van der Waals surface area contributed by atoms with Gasteiger partial charge in [-0.05, 0) is 12.8 Å². The van der Waals surface area contributed by atoms with Crippen LogP contribution in [0.5, 0.6) is 0 Å². The first-order valence-electron chi connectivity index (χ1n) is 6.60. The molecule has 0 saturated heterocycles. The zero-order valence-electron chi connectivity index (χ0n) is 11.9. The first-order chi connectivity index (χ1) is 8.80. The van der Waals surface area contributed by atoms with E-state index < -0.39 is 5.97 Å². The maximum absolute atomic E-state index is 11.4. The number of methoxy groups -OCH3 is 1. The molecule has 0 bridgehead atoms. The lowest BCUT2D eigenvalue weighted by Crippen LogP contribution is -2.24. The molecule has 0 atom stereocenters. The largest absolute Gasteiger partial charge is 0.477 e. The highest BCUT2D eigenvalue weighted by atomic mass is 32.1. The second-order valence-electron chi connectivity index (χ2n) is 6.16. The average molecular weight is 283 g/mol. The number of hydrogen-bond donors (Lipinski definition) is 1. The van der Waals surface area contributed by atoms with Gasteiger partial charge in [-0.25, -0.2) is 9.78 Å². The Morgan fingerprint density at radius 1 is 1.37 bits per heavy atom. The summed E-state index contributed by atoms with van der Waals surface area (Å²) in [6.45, 7) is 5.98. The topological polar surface area (TPSA) is 59.4 Å². The summed E-state index contributed by atoms with van der Waals surface area (Å²) < 4.78 is 5.70. The maximum Gasteiger partial charge on any atom is 0.347 e. The second kappa shape index (κ2) is 4.87. The molecule has 0 aliphatic heterocycles. The number of carboxylic acid groups (broad SMARTS) is 1. The van der Waals surface area contributed by atoms with Crippen LogP contribution in [0.1, 0.15) is 66.8 Å². The minimum absolute atomic E-state index is 0.268. The van der Waals surface area contributed by atoms with Gasteiger partial charge in [0.25, 0.3) is 0 Å². The van der Waals surface area contributed by atoms with E-state index in [4.69, 9.17) is 4.74 Å². The summed E-state index contributed by atoms with van der Waals surface area (Å²) in [7, 11) is 1.70. The van der Waals surface area contributed by atoms with E-state index in [0.717, 1.165) is 30.7 Å². The number of carbonyl (C=O) groups is 1. The first-order valence-corrected chi connectivity index (χ1v) is 7.42. The lowest BCUT2D eigenvalue weighted by molar-refractivity contribution is -0.00904. The number of ether oxygens (including phenoxy) is 1. The number of aromatic nitrogens is 1. The van der Waals surface area contributed by atoms with Crippen molar-refractivity contribution in [2.75, 3.05) is 7.11 Å². The van der Waals surface area contributed by atoms with Crippen LogP contribution >= 0.6 is 11.3 Å². The summed E-state index contributed by atoms with van der Waals surface area (Å²) >= 11 is 1.28. The van der Waals surface area contributed by atoms with Gasteiger partial charge in [0.1, 0.15) is 15.5 Å². The van der Waals surface area contributed by atoms with E-state index in [-0.39, 0.29) is 11.0 Å². The fourth-order valence-electron chi connectivity index (χ4n) is 2.62. The van der Waals surface area contributed by atoms with Crippen LogP contribution in [0.3, 0.4) is 0 Å². The van der Waals surface area contributed by atoms with Gasteiger partial charge in [0.15, 0.2) is 0 Å². The minimum atomic E-state index is -0.891. The van der Waals surface area contributed by atoms with Crippen LogP contribution in [0.25, 0.3) is 0 Å². The van der Waals surface area contributed by atoms with Crippen LogP contribution in [0.4, 0.5) is 0 Å². The quantitative estimate of drug-likeness (QED) is 0.921. The third-order valence-corrected chi connectivity index (χ3v) is 4.95. The Morgan fingerprint density at radius 2 is 1.95 bits per heavy atom. The Labute approximate surface area is 117 Å². The molecule has 2 rings (SSSR count). The minimum Gasteiger partial charge on any atom is -0.477 e. The van der Waals surface area contributed by atoms with Gasteiger partial charge in [0, 0.05) is 12.5 Å². The van der Waals surface area contributed by atoms with Crippen LogP contribution in [0, 0.1) is 0 Å². The maximum atomic E-state index is 11.4. The van der Waals surface area contributed by atoms with E-state index >= 15 is 0 Å². The van der Waals surface area contributed by atoms with Crippen molar-refractivity contribution in [3.63, 3.8) is 0 Å². The highest BCUT2D eigenvalue weighted by Gasteiger charge is 2.41. The van der Waals surface area contributed by atoms with Crippen LogP contribution < -0.4 is 0 Å². The van der Waals surface area contributed by atoms with Crippen molar-refractivity contribution in [2.24, 2.45) is 0 Å². The molecular formula is C14H21NO3S. The molecule has 0 aromatic carbocycles. The second-order valence-corrected chi connectivity index (χ2v) is 7.16. The SMILES string of the molecule is COC1(c2nc(C(C)(C)C)c(C(=O)O)s2)CCCC1. The highest BCUT2D eigenvalue weighted by molar-refractivity contribution is 7.13. The molecule has 1 saturated carbocycles. The lowest BCUT2D eigenvalue weighted by Gasteiger charge is -2.24. The van der Waals surface area contributed by atoms with Crippen molar-refractivity contribution in [2.45, 2.75) is 57.5 Å². The van der Waals surface area contributed by atoms with Crippen LogP contribution in [-0.4, -0.2) is 23.2 Å². The Kier molecular flexibility index (Phi) is 3.71. The molecule has 1 aliphatic carbocycles. The van der Waals surface area contributed by atoms with E-state index in [0.29, 0.717) is 10.6 Å². The van der Waals surface area contributed by atoms with Gasteiger partial charge in [0.2, 0.25) is 0 Å². The number of thiazole rings is 1. The smallest absolute Gasteiger partial charge is 0.347 e. The molecule has 4 nitrogen and oxygen atoms in total. The van der Waals surface area contributed by atoms with E-state index in [1.54, 1.807) is 7.11 Å². The van der Waals surface area contributed by atoms with Crippen molar-refractivity contribution in [3.8, 4) is 0 Å². The molecule has 1 fully saturated rings. The van der Waals surface area contributed by atoms with Gasteiger partial charge < -0.3 is 9.84 Å². The fraction of sp³-hybridized carbons (Fsp3) is 0.714. The predicted molar refractivity (Wildman–Crippen MR) is 74.9 cm³/mol. The third-order valence-electron chi connectivity index (χ3n) is 3.72. The number of carboxylic acids is 1. The van der Waals surface area contributed by atoms with E-state index in [9.17, 15) is 9.90 Å². The lowest BCUT2D eigenvalue weighted by atomic mass is 9.91. The van der Waals surface area contributed by atoms with E-state index in [1.165, 1.54) is 11.3 Å². The van der Waals surface area contributed by atoms with Gasteiger partial charge in [-0.2, -0.15) is 0 Å². The summed E-state index contributed by atoms with van der Waals surface area (Å²) in [5.41, 5.74) is 0.0392. The molecule has 1 aliphatic rings. The molecule has 19 heavy (non-hydrogen) atoms. The summed E-state index contributed by atoms with van der Waals surface area (Å²) in [5, 5.41) is 10.2. The Bertz CT molecular complexity index is 481.